The molecule has 1 heterocycles. The molecular weight excluding hydrogens is 665 g/mol. The van der Waals surface area contributed by atoms with Crippen molar-refractivity contribution in [3.63, 3.8) is 0 Å². The van der Waals surface area contributed by atoms with Crippen LogP contribution in [0.3, 0.4) is 0 Å². The molecule has 6 rings (SSSR count). The fourth-order valence-corrected chi connectivity index (χ4v) is 7.45. The summed E-state index contributed by atoms with van der Waals surface area (Å²) in [7, 11) is -2.24. The number of ether oxygens (including phenoxy) is 3. The van der Waals surface area contributed by atoms with E-state index in [0.29, 0.717) is 35.7 Å². The predicted octanol–water partition coefficient (Wildman–Crippen LogP) is 6.56. The Bertz CT molecular complexity index is 2050. The van der Waals surface area contributed by atoms with Crippen molar-refractivity contribution in [2.45, 2.75) is 35.9 Å². The summed E-state index contributed by atoms with van der Waals surface area (Å²) < 4.78 is 45.2. The number of benzene rings is 5. The molecule has 1 aliphatic rings. The zero-order valence-electron chi connectivity index (χ0n) is 28.3. The van der Waals surface area contributed by atoms with E-state index in [2.05, 4.69) is 5.32 Å². The number of aliphatic hydroxyl groups is 1. The van der Waals surface area contributed by atoms with Gasteiger partial charge in [-0.1, -0.05) is 91.0 Å². The Hall–Kier alpha value is -5.45. The van der Waals surface area contributed by atoms with Crippen LogP contribution in [0.25, 0.3) is 11.1 Å². The van der Waals surface area contributed by atoms with E-state index in [1.165, 1.54) is 0 Å². The Morgan fingerprint density at radius 1 is 0.824 bits per heavy atom. The van der Waals surface area contributed by atoms with Gasteiger partial charge in [-0.3, -0.25) is 4.79 Å². The standard InChI is InChI=1S/C41H40N2O7S/c1-48-37-16-9-8-13-34(37)29-42-40(45)41(25-28-51(46,47)36-14-6-3-7-15-36)38(32-19-17-31(18-20-32)30-11-4-2-5-12-30)50-39(43-41)33-21-23-35(24-22-33)49-27-10-26-44/h2-9,11-24,38,44H,10,25-29H2,1H3,(H,42,45)/t38-,41-/m1/s1. The maximum Gasteiger partial charge on any atom is 0.252 e. The van der Waals surface area contributed by atoms with Gasteiger partial charge in [-0.05, 0) is 59.2 Å². The Kier molecular flexibility index (Phi) is 11.1. The second-order valence-electron chi connectivity index (χ2n) is 12.2. The minimum absolute atomic E-state index is 0.0254. The molecule has 10 heteroatoms. The minimum Gasteiger partial charge on any atom is -0.496 e. The Morgan fingerprint density at radius 3 is 2.14 bits per heavy atom. The van der Waals surface area contributed by atoms with Crippen molar-refractivity contribution in [1.82, 2.24) is 5.32 Å². The minimum atomic E-state index is -3.80. The molecule has 0 fully saturated rings. The van der Waals surface area contributed by atoms with Gasteiger partial charge in [-0.15, -0.1) is 0 Å². The fourth-order valence-electron chi connectivity index (χ4n) is 6.06. The number of hydrogen-bond acceptors (Lipinski definition) is 8. The topological polar surface area (TPSA) is 124 Å². The quantitative estimate of drug-likeness (QED) is 0.118. The monoisotopic (exact) mass is 704 g/mol. The first-order valence-electron chi connectivity index (χ1n) is 16.8. The summed E-state index contributed by atoms with van der Waals surface area (Å²) in [6.45, 7) is 0.512. The highest BCUT2D eigenvalue weighted by molar-refractivity contribution is 7.91. The Morgan fingerprint density at radius 2 is 1.45 bits per heavy atom. The SMILES string of the molecule is COc1ccccc1CNC(=O)[C@]1(CCS(=O)(=O)c2ccccc2)N=C(c2ccc(OCCCO)cc2)O[C@@H]1c1ccc(-c2ccccc2)cc1. The van der Waals surface area contributed by atoms with Gasteiger partial charge in [-0.2, -0.15) is 0 Å². The molecule has 0 unspecified atom stereocenters. The van der Waals surface area contributed by atoms with Crippen molar-refractivity contribution >= 4 is 21.6 Å². The average Bonchev–Trinajstić information content (AvgIpc) is 3.58. The molecule has 1 amide bonds. The van der Waals surface area contributed by atoms with Crippen LogP contribution in [-0.2, 0) is 25.9 Å². The van der Waals surface area contributed by atoms with Gasteiger partial charge in [-0.25, -0.2) is 13.4 Å². The van der Waals surface area contributed by atoms with Crippen LogP contribution in [0.1, 0.15) is 35.6 Å². The van der Waals surface area contributed by atoms with Gasteiger partial charge in [0.1, 0.15) is 11.5 Å². The molecule has 1 aliphatic heterocycles. The first-order chi connectivity index (χ1) is 24.8. The lowest BCUT2D eigenvalue weighted by molar-refractivity contribution is -0.129. The zero-order valence-corrected chi connectivity index (χ0v) is 29.1. The molecule has 0 spiro atoms. The summed E-state index contributed by atoms with van der Waals surface area (Å²) in [5.41, 5.74) is 2.37. The number of amides is 1. The van der Waals surface area contributed by atoms with Gasteiger partial charge in [0.2, 0.25) is 5.90 Å². The van der Waals surface area contributed by atoms with Gasteiger partial charge < -0.3 is 24.6 Å². The molecule has 0 bridgehead atoms. The van der Waals surface area contributed by atoms with Crippen LogP contribution in [0.15, 0.2) is 143 Å². The van der Waals surface area contributed by atoms with Gasteiger partial charge in [0.05, 0.1) is 24.4 Å². The van der Waals surface area contributed by atoms with Crippen LogP contribution in [0.5, 0.6) is 11.5 Å². The van der Waals surface area contributed by atoms with E-state index < -0.39 is 27.4 Å². The third-order valence-electron chi connectivity index (χ3n) is 8.84. The number of rotatable bonds is 15. The molecule has 0 radical (unpaired) electrons. The lowest BCUT2D eigenvalue weighted by Gasteiger charge is -2.31. The van der Waals surface area contributed by atoms with Crippen LogP contribution < -0.4 is 14.8 Å². The molecule has 262 valence electrons. The van der Waals surface area contributed by atoms with Crippen molar-refractivity contribution in [1.29, 1.82) is 0 Å². The van der Waals surface area contributed by atoms with Crippen molar-refractivity contribution in [3.05, 3.63) is 150 Å². The molecule has 0 aromatic heterocycles. The number of aliphatic imine (C=N–C) groups is 1. The molecule has 5 aromatic rings. The second-order valence-corrected chi connectivity index (χ2v) is 14.3. The summed E-state index contributed by atoms with van der Waals surface area (Å²) in [5.74, 6) is 0.592. The van der Waals surface area contributed by atoms with Crippen LogP contribution in [0, 0.1) is 0 Å². The number of nitrogens with zero attached hydrogens (tertiary/aromatic N) is 1. The Labute approximate surface area is 298 Å². The van der Waals surface area contributed by atoms with E-state index >= 15 is 0 Å². The highest BCUT2D eigenvalue weighted by Gasteiger charge is 2.53. The number of carbonyl (C=O) groups is 1. The average molecular weight is 705 g/mol. The second kappa shape index (κ2) is 16.1. The zero-order chi connectivity index (χ0) is 35.7. The number of hydrogen-bond donors (Lipinski definition) is 2. The number of methoxy groups -OCH3 is 1. The molecule has 9 nitrogen and oxygen atoms in total. The van der Waals surface area contributed by atoms with Gasteiger partial charge in [0, 0.05) is 37.1 Å². The third-order valence-corrected chi connectivity index (χ3v) is 10.6. The number of carbonyl (C=O) groups excluding carboxylic acids is 1. The van der Waals surface area contributed by atoms with E-state index in [4.69, 9.17) is 24.3 Å². The van der Waals surface area contributed by atoms with Crippen molar-refractivity contribution in [2.75, 3.05) is 26.1 Å². The summed E-state index contributed by atoms with van der Waals surface area (Å²) in [5, 5.41) is 12.2. The van der Waals surface area contributed by atoms with Crippen LogP contribution in [0.2, 0.25) is 0 Å². The molecular formula is C41H40N2O7S. The van der Waals surface area contributed by atoms with E-state index in [0.717, 1.165) is 16.7 Å². The van der Waals surface area contributed by atoms with Crippen molar-refractivity contribution in [2.24, 2.45) is 4.99 Å². The number of nitrogens with one attached hydrogen (secondary N) is 1. The van der Waals surface area contributed by atoms with Crippen LogP contribution in [0.4, 0.5) is 0 Å². The smallest absolute Gasteiger partial charge is 0.252 e. The van der Waals surface area contributed by atoms with Crippen molar-refractivity contribution in [3.8, 4) is 22.6 Å². The maximum absolute atomic E-state index is 14.7. The third kappa shape index (κ3) is 8.14. The van der Waals surface area contributed by atoms with Gasteiger partial charge in [0.25, 0.3) is 5.91 Å². The number of para-hydroxylation sites is 1. The summed E-state index contributed by atoms with van der Waals surface area (Å²) in [6.07, 6.45) is -0.610. The predicted molar refractivity (Wildman–Crippen MR) is 197 cm³/mol. The normalized spacial score (nSPS) is 16.9. The van der Waals surface area contributed by atoms with E-state index in [9.17, 15) is 13.2 Å². The first-order valence-corrected chi connectivity index (χ1v) is 18.4. The van der Waals surface area contributed by atoms with Gasteiger partial charge >= 0.3 is 0 Å². The summed E-state index contributed by atoms with van der Waals surface area (Å²) in [4.78, 5) is 19.8. The molecule has 0 aliphatic carbocycles. The lowest BCUT2D eigenvalue weighted by atomic mass is 9.84. The van der Waals surface area contributed by atoms with Crippen molar-refractivity contribution < 1.29 is 32.5 Å². The number of sulfone groups is 1. The molecule has 51 heavy (non-hydrogen) atoms. The first kappa shape index (κ1) is 35.4. The van der Waals surface area contributed by atoms with Gasteiger partial charge in [0.15, 0.2) is 21.5 Å². The summed E-state index contributed by atoms with van der Waals surface area (Å²) >= 11 is 0. The van der Waals surface area contributed by atoms with Crippen LogP contribution in [-0.4, -0.2) is 56.9 Å². The highest BCUT2D eigenvalue weighted by Crippen LogP contribution is 2.43. The van der Waals surface area contributed by atoms with E-state index in [-0.39, 0.29) is 36.1 Å². The largest absolute Gasteiger partial charge is 0.496 e. The summed E-state index contributed by atoms with van der Waals surface area (Å²) in [6, 6.07) is 40.3. The molecule has 0 saturated carbocycles. The fraction of sp³-hybridized carbons (Fsp3) is 0.220. The van der Waals surface area contributed by atoms with E-state index in [1.54, 1.807) is 61.7 Å². The Balaban J connectivity index is 1.41. The maximum atomic E-state index is 14.7. The molecule has 0 saturated heterocycles. The highest BCUT2D eigenvalue weighted by atomic mass is 32.2. The molecule has 2 atom stereocenters. The van der Waals surface area contributed by atoms with E-state index in [1.807, 2.05) is 78.9 Å². The lowest BCUT2D eigenvalue weighted by Crippen LogP contribution is -2.49. The van der Waals surface area contributed by atoms with Crippen LogP contribution >= 0.6 is 0 Å². The molecule has 5 aromatic carbocycles. The number of aliphatic hydroxyl groups excluding tert-OH is 1. The molecule has 2 N–H and O–H groups in total.